The van der Waals surface area contributed by atoms with Gasteiger partial charge in [0, 0.05) is 25.8 Å². The van der Waals surface area contributed by atoms with E-state index < -0.39 is 10.0 Å². The van der Waals surface area contributed by atoms with Crippen molar-refractivity contribution in [2.45, 2.75) is 37.2 Å². The number of aryl methyl sites for hydroxylation is 1. The zero-order valence-corrected chi connectivity index (χ0v) is 12.1. The Hall–Kier alpha value is -0.890. The number of nitrogens with two attached hydrogens (primary N) is 1. The van der Waals surface area contributed by atoms with Crippen LogP contribution in [0.25, 0.3) is 0 Å². The van der Waals surface area contributed by atoms with Crippen LogP contribution in [0.1, 0.15) is 24.4 Å². The van der Waals surface area contributed by atoms with E-state index in [0.29, 0.717) is 24.7 Å². The van der Waals surface area contributed by atoms with Gasteiger partial charge in [-0.3, -0.25) is 0 Å². The van der Waals surface area contributed by atoms with Gasteiger partial charge in [0.25, 0.3) is 0 Å². The predicted octanol–water partition coefficient (Wildman–Crippen LogP) is 0.846. The molecule has 0 amide bonds. The van der Waals surface area contributed by atoms with Gasteiger partial charge in [0.15, 0.2) is 0 Å². The molecule has 1 fully saturated rings. The van der Waals surface area contributed by atoms with Gasteiger partial charge in [-0.1, -0.05) is 0 Å². The maximum Gasteiger partial charge on any atom is 0.246 e. The molecular weight excluding hydrogens is 268 g/mol. The summed E-state index contributed by atoms with van der Waals surface area (Å²) < 4.78 is 37.1. The predicted molar refractivity (Wildman–Crippen MR) is 70.1 cm³/mol. The molecule has 1 aliphatic rings. The lowest BCUT2D eigenvalue weighted by Crippen LogP contribution is -2.35. The molecule has 0 aromatic carbocycles. The van der Waals surface area contributed by atoms with E-state index in [9.17, 15) is 8.42 Å². The van der Waals surface area contributed by atoms with Crippen LogP contribution in [-0.2, 0) is 21.3 Å². The minimum atomic E-state index is -3.53. The van der Waals surface area contributed by atoms with Crippen molar-refractivity contribution in [1.82, 2.24) is 4.31 Å². The number of ether oxygens (including phenoxy) is 1. The lowest BCUT2D eigenvalue weighted by Gasteiger charge is -2.20. The van der Waals surface area contributed by atoms with Crippen molar-refractivity contribution < 1.29 is 17.6 Å². The summed E-state index contributed by atoms with van der Waals surface area (Å²) in [7, 11) is -1.96. The molecule has 0 radical (unpaired) electrons. The summed E-state index contributed by atoms with van der Waals surface area (Å²) in [6.45, 7) is 2.59. The van der Waals surface area contributed by atoms with Crippen molar-refractivity contribution in [3.8, 4) is 0 Å². The van der Waals surface area contributed by atoms with E-state index in [1.165, 1.54) is 10.4 Å². The van der Waals surface area contributed by atoms with Crippen LogP contribution in [0.3, 0.4) is 0 Å². The van der Waals surface area contributed by atoms with E-state index in [-0.39, 0.29) is 17.5 Å². The van der Waals surface area contributed by atoms with Gasteiger partial charge in [0.2, 0.25) is 10.0 Å². The van der Waals surface area contributed by atoms with Crippen molar-refractivity contribution in [2.75, 3.05) is 20.3 Å². The number of hydrogen-bond donors (Lipinski definition) is 1. The van der Waals surface area contributed by atoms with Gasteiger partial charge >= 0.3 is 0 Å². The third-order valence-corrected chi connectivity index (χ3v) is 5.24. The molecule has 0 saturated heterocycles. The molecule has 0 bridgehead atoms. The molecule has 1 aliphatic carbocycles. The molecule has 0 atom stereocenters. The molecule has 108 valence electrons. The number of rotatable bonds is 7. The van der Waals surface area contributed by atoms with Crippen LogP contribution in [0.5, 0.6) is 0 Å². The van der Waals surface area contributed by atoms with E-state index in [0.717, 1.165) is 12.8 Å². The quantitative estimate of drug-likeness (QED) is 0.803. The second-order valence-electron chi connectivity index (χ2n) is 4.68. The normalized spacial score (nSPS) is 16.2. The Morgan fingerprint density at radius 2 is 2.21 bits per heavy atom. The zero-order chi connectivity index (χ0) is 14.0. The van der Waals surface area contributed by atoms with E-state index >= 15 is 0 Å². The van der Waals surface area contributed by atoms with Crippen LogP contribution in [0.15, 0.2) is 15.4 Å². The second kappa shape index (κ2) is 5.62. The van der Waals surface area contributed by atoms with Crippen molar-refractivity contribution in [3.63, 3.8) is 0 Å². The maximum absolute atomic E-state index is 12.6. The number of furan rings is 1. The summed E-state index contributed by atoms with van der Waals surface area (Å²) in [5.74, 6) is 0.877. The number of hydrogen-bond acceptors (Lipinski definition) is 5. The van der Waals surface area contributed by atoms with E-state index in [4.69, 9.17) is 14.9 Å². The Balaban J connectivity index is 2.30. The third kappa shape index (κ3) is 3.00. The molecular formula is C12H20N2O4S. The van der Waals surface area contributed by atoms with Crippen molar-refractivity contribution in [3.05, 3.63) is 17.6 Å². The van der Waals surface area contributed by atoms with Gasteiger partial charge < -0.3 is 14.9 Å². The van der Waals surface area contributed by atoms with Crippen LogP contribution < -0.4 is 5.73 Å². The van der Waals surface area contributed by atoms with Gasteiger partial charge in [-0.2, -0.15) is 4.31 Å². The minimum absolute atomic E-state index is 0.0933. The number of sulfonamides is 1. The fraction of sp³-hybridized carbons (Fsp3) is 0.667. The first-order valence-electron chi connectivity index (χ1n) is 6.31. The molecule has 2 rings (SSSR count). The highest BCUT2D eigenvalue weighted by Crippen LogP contribution is 2.33. The van der Waals surface area contributed by atoms with Gasteiger partial charge in [-0.15, -0.1) is 0 Å². The Morgan fingerprint density at radius 3 is 2.68 bits per heavy atom. The maximum atomic E-state index is 12.6. The van der Waals surface area contributed by atoms with Crippen LogP contribution >= 0.6 is 0 Å². The average molecular weight is 288 g/mol. The SMILES string of the molecule is COCCN(C1CC1)S(=O)(=O)c1cc(CN)oc1C. The second-order valence-corrected chi connectivity index (χ2v) is 6.54. The molecule has 1 heterocycles. The van der Waals surface area contributed by atoms with Gasteiger partial charge in [0.05, 0.1) is 13.2 Å². The summed E-state index contributed by atoms with van der Waals surface area (Å²) in [5.41, 5.74) is 5.48. The summed E-state index contributed by atoms with van der Waals surface area (Å²) in [5, 5.41) is 0. The standard InChI is InChI=1S/C12H20N2O4S/c1-9-12(7-11(8-13)18-9)19(15,16)14(5-6-17-2)10-3-4-10/h7,10H,3-6,8,13H2,1-2H3. The Kier molecular flexibility index (Phi) is 4.29. The van der Waals surface area contributed by atoms with E-state index in [2.05, 4.69) is 0 Å². The molecule has 7 heteroatoms. The highest BCUT2D eigenvalue weighted by Gasteiger charge is 2.39. The average Bonchev–Trinajstić information content (AvgIpc) is 3.11. The summed E-state index contributed by atoms with van der Waals surface area (Å²) in [6.07, 6.45) is 1.81. The van der Waals surface area contributed by atoms with Gasteiger partial charge in [-0.25, -0.2) is 8.42 Å². The van der Waals surface area contributed by atoms with Gasteiger partial charge in [-0.05, 0) is 19.8 Å². The van der Waals surface area contributed by atoms with Crippen molar-refractivity contribution in [2.24, 2.45) is 5.73 Å². The highest BCUT2D eigenvalue weighted by atomic mass is 32.2. The lowest BCUT2D eigenvalue weighted by atomic mass is 10.4. The molecule has 19 heavy (non-hydrogen) atoms. The van der Waals surface area contributed by atoms with Gasteiger partial charge in [0.1, 0.15) is 16.4 Å². The van der Waals surface area contributed by atoms with Crippen LogP contribution in [0.4, 0.5) is 0 Å². The van der Waals surface area contributed by atoms with Crippen molar-refractivity contribution in [1.29, 1.82) is 0 Å². The Labute approximate surface area is 113 Å². The van der Waals surface area contributed by atoms with Crippen molar-refractivity contribution >= 4 is 10.0 Å². The smallest absolute Gasteiger partial charge is 0.246 e. The van der Waals surface area contributed by atoms with Crippen LogP contribution in [0.2, 0.25) is 0 Å². The third-order valence-electron chi connectivity index (χ3n) is 3.18. The largest absolute Gasteiger partial charge is 0.464 e. The number of nitrogens with zero attached hydrogens (tertiary/aromatic N) is 1. The fourth-order valence-electron chi connectivity index (χ4n) is 2.05. The van der Waals surface area contributed by atoms with E-state index in [1.54, 1.807) is 14.0 Å². The summed E-state index contributed by atoms with van der Waals surface area (Å²) >= 11 is 0. The van der Waals surface area contributed by atoms with Crippen LogP contribution in [-0.4, -0.2) is 39.0 Å². The van der Waals surface area contributed by atoms with E-state index in [1.807, 2.05) is 0 Å². The first kappa shape index (κ1) is 14.5. The molecule has 1 saturated carbocycles. The molecule has 1 aromatic heterocycles. The topological polar surface area (TPSA) is 85.8 Å². The fourth-order valence-corrected chi connectivity index (χ4v) is 3.91. The molecule has 6 nitrogen and oxygen atoms in total. The monoisotopic (exact) mass is 288 g/mol. The summed E-state index contributed by atoms with van der Waals surface area (Å²) in [4.78, 5) is 0.218. The molecule has 2 N–H and O–H groups in total. The Bertz CT molecular complexity index is 534. The lowest BCUT2D eigenvalue weighted by molar-refractivity contribution is 0.177. The Morgan fingerprint density at radius 1 is 1.53 bits per heavy atom. The highest BCUT2D eigenvalue weighted by molar-refractivity contribution is 7.89. The molecule has 0 unspecified atom stereocenters. The zero-order valence-electron chi connectivity index (χ0n) is 11.3. The van der Waals surface area contributed by atoms with Crippen LogP contribution in [0, 0.1) is 6.92 Å². The molecule has 1 aromatic rings. The molecule has 0 aliphatic heterocycles. The first-order chi connectivity index (χ1) is 9.00. The molecule has 0 spiro atoms. The minimum Gasteiger partial charge on any atom is -0.464 e. The first-order valence-corrected chi connectivity index (χ1v) is 7.75. The number of methoxy groups -OCH3 is 1. The summed E-state index contributed by atoms with van der Waals surface area (Å²) in [6, 6.07) is 1.61.